The third kappa shape index (κ3) is 4.67. The molecule has 106 valence electrons. The van der Waals surface area contributed by atoms with E-state index in [9.17, 15) is 4.79 Å². The average molecular weight is 262 g/mol. The van der Waals surface area contributed by atoms with Gasteiger partial charge in [0.1, 0.15) is 0 Å². The predicted molar refractivity (Wildman–Crippen MR) is 79.9 cm³/mol. The number of nitrogens with two attached hydrogens (primary N) is 1. The van der Waals surface area contributed by atoms with Crippen molar-refractivity contribution in [1.29, 1.82) is 0 Å². The Morgan fingerprint density at radius 3 is 2.42 bits per heavy atom. The molecule has 0 radical (unpaired) electrons. The highest BCUT2D eigenvalue weighted by atomic mass is 16.2. The maximum absolute atomic E-state index is 12.2. The summed E-state index contributed by atoms with van der Waals surface area (Å²) in [6.45, 7) is 4.16. The molecule has 0 heterocycles. The van der Waals surface area contributed by atoms with Gasteiger partial charge in [-0.15, -0.1) is 0 Å². The van der Waals surface area contributed by atoms with Gasteiger partial charge in [0.2, 0.25) is 5.91 Å². The second kappa shape index (κ2) is 7.95. The Bertz CT molecular complexity index is 378. The number of carbonyl (C=O) groups excluding carboxylic acids is 1. The van der Waals surface area contributed by atoms with Crippen molar-refractivity contribution in [2.75, 3.05) is 7.05 Å². The van der Waals surface area contributed by atoms with E-state index in [1.807, 2.05) is 30.1 Å². The van der Waals surface area contributed by atoms with Crippen LogP contribution in [0.5, 0.6) is 0 Å². The molecule has 2 N–H and O–H groups in total. The number of hydrogen-bond acceptors (Lipinski definition) is 2. The van der Waals surface area contributed by atoms with Crippen molar-refractivity contribution in [3.63, 3.8) is 0 Å². The molecule has 19 heavy (non-hydrogen) atoms. The van der Waals surface area contributed by atoms with Crippen LogP contribution in [0.25, 0.3) is 0 Å². The lowest BCUT2D eigenvalue weighted by molar-refractivity contribution is -0.133. The van der Waals surface area contributed by atoms with Gasteiger partial charge in [-0.05, 0) is 24.8 Å². The Morgan fingerprint density at radius 1 is 1.26 bits per heavy atom. The Morgan fingerprint density at radius 2 is 1.89 bits per heavy atom. The molecule has 0 spiro atoms. The number of rotatable bonds is 7. The number of amides is 1. The first kappa shape index (κ1) is 15.7. The lowest BCUT2D eigenvalue weighted by atomic mass is 10.0. The van der Waals surface area contributed by atoms with Crippen molar-refractivity contribution in [1.82, 2.24) is 4.90 Å². The molecule has 0 aliphatic carbocycles. The van der Waals surface area contributed by atoms with Crippen LogP contribution < -0.4 is 5.73 Å². The van der Waals surface area contributed by atoms with Crippen LogP contribution in [0.15, 0.2) is 30.3 Å². The van der Waals surface area contributed by atoms with Gasteiger partial charge in [-0.1, -0.05) is 50.6 Å². The van der Waals surface area contributed by atoms with Gasteiger partial charge < -0.3 is 10.6 Å². The van der Waals surface area contributed by atoms with Gasteiger partial charge in [0.25, 0.3) is 0 Å². The Labute approximate surface area is 116 Å². The van der Waals surface area contributed by atoms with Crippen LogP contribution in [-0.2, 0) is 11.2 Å². The van der Waals surface area contributed by atoms with E-state index < -0.39 is 0 Å². The fourth-order valence-electron chi connectivity index (χ4n) is 2.32. The second-order valence-corrected chi connectivity index (χ2v) is 5.10. The zero-order valence-electron chi connectivity index (χ0n) is 12.3. The molecule has 0 aromatic heterocycles. The summed E-state index contributed by atoms with van der Waals surface area (Å²) in [7, 11) is 1.87. The van der Waals surface area contributed by atoms with Crippen LogP contribution in [0.2, 0.25) is 0 Å². The SMILES string of the molecule is CCCC(N)C(=O)N(C)C(CC)Cc1ccccc1. The fraction of sp³-hybridized carbons (Fsp3) is 0.562. The summed E-state index contributed by atoms with van der Waals surface area (Å²) in [6, 6.07) is 10.1. The van der Waals surface area contributed by atoms with Gasteiger partial charge in [-0.3, -0.25) is 4.79 Å². The van der Waals surface area contributed by atoms with Crippen molar-refractivity contribution in [2.45, 2.75) is 51.6 Å². The number of benzene rings is 1. The number of nitrogens with zero attached hydrogens (tertiary/aromatic N) is 1. The van der Waals surface area contributed by atoms with E-state index in [0.717, 1.165) is 25.7 Å². The molecule has 3 nitrogen and oxygen atoms in total. The quantitative estimate of drug-likeness (QED) is 0.821. The second-order valence-electron chi connectivity index (χ2n) is 5.10. The minimum Gasteiger partial charge on any atom is -0.341 e. The lowest BCUT2D eigenvalue weighted by Gasteiger charge is -2.29. The van der Waals surface area contributed by atoms with E-state index >= 15 is 0 Å². The van der Waals surface area contributed by atoms with Crippen molar-refractivity contribution in [3.8, 4) is 0 Å². The normalized spacial score (nSPS) is 13.9. The summed E-state index contributed by atoms with van der Waals surface area (Å²) < 4.78 is 0. The first-order chi connectivity index (χ1) is 9.10. The minimum absolute atomic E-state index is 0.0598. The molecule has 1 rings (SSSR count). The van der Waals surface area contributed by atoms with Crippen LogP contribution in [0.1, 0.15) is 38.7 Å². The number of carbonyl (C=O) groups is 1. The summed E-state index contributed by atoms with van der Waals surface area (Å²) in [5.74, 6) is 0.0598. The minimum atomic E-state index is -0.361. The Kier molecular flexibility index (Phi) is 6.57. The van der Waals surface area contributed by atoms with Gasteiger partial charge in [0.05, 0.1) is 6.04 Å². The molecule has 0 aliphatic heterocycles. The van der Waals surface area contributed by atoms with Gasteiger partial charge in [0.15, 0.2) is 0 Å². The molecule has 3 heteroatoms. The van der Waals surface area contributed by atoms with Crippen LogP contribution >= 0.6 is 0 Å². The van der Waals surface area contributed by atoms with Crippen LogP contribution in [-0.4, -0.2) is 29.9 Å². The van der Waals surface area contributed by atoms with Crippen LogP contribution in [0.4, 0.5) is 0 Å². The highest BCUT2D eigenvalue weighted by Gasteiger charge is 2.23. The summed E-state index contributed by atoms with van der Waals surface area (Å²) in [6.07, 6.45) is 3.52. The summed E-state index contributed by atoms with van der Waals surface area (Å²) in [5, 5.41) is 0. The van der Waals surface area contributed by atoms with Crippen molar-refractivity contribution >= 4 is 5.91 Å². The molecule has 1 aromatic rings. The smallest absolute Gasteiger partial charge is 0.239 e. The highest BCUT2D eigenvalue weighted by Crippen LogP contribution is 2.12. The first-order valence-corrected chi connectivity index (χ1v) is 7.16. The molecule has 0 fully saturated rings. The molecular weight excluding hydrogens is 236 g/mol. The average Bonchev–Trinajstić information content (AvgIpc) is 2.44. The molecule has 2 unspecified atom stereocenters. The van der Waals surface area contributed by atoms with E-state index in [1.54, 1.807) is 0 Å². The summed E-state index contributed by atoms with van der Waals surface area (Å²) >= 11 is 0. The summed E-state index contributed by atoms with van der Waals surface area (Å²) in [5.41, 5.74) is 7.19. The lowest BCUT2D eigenvalue weighted by Crippen LogP contribution is -2.47. The van der Waals surface area contributed by atoms with E-state index in [1.165, 1.54) is 5.56 Å². The van der Waals surface area contributed by atoms with Crippen molar-refractivity contribution in [2.24, 2.45) is 5.73 Å². The molecule has 1 aromatic carbocycles. The van der Waals surface area contributed by atoms with Crippen molar-refractivity contribution < 1.29 is 4.79 Å². The topological polar surface area (TPSA) is 46.3 Å². The van der Waals surface area contributed by atoms with Crippen molar-refractivity contribution in [3.05, 3.63) is 35.9 Å². The Hall–Kier alpha value is -1.35. The molecule has 0 saturated carbocycles. The molecule has 0 bridgehead atoms. The van der Waals surface area contributed by atoms with E-state index in [-0.39, 0.29) is 18.0 Å². The predicted octanol–water partition coefficient (Wildman–Crippen LogP) is 2.59. The van der Waals surface area contributed by atoms with Crippen LogP contribution in [0, 0.1) is 0 Å². The number of likely N-dealkylation sites (N-methyl/N-ethyl adjacent to an activating group) is 1. The largest absolute Gasteiger partial charge is 0.341 e. The fourth-order valence-corrected chi connectivity index (χ4v) is 2.32. The zero-order chi connectivity index (χ0) is 14.3. The monoisotopic (exact) mass is 262 g/mol. The highest BCUT2D eigenvalue weighted by molar-refractivity contribution is 5.81. The van der Waals surface area contributed by atoms with Gasteiger partial charge in [-0.25, -0.2) is 0 Å². The van der Waals surface area contributed by atoms with E-state index in [0.29, 0.717) is 0 Å². The van der Waals surface area contributed by atoms with E-state index in [4.69, 9.17) is 5.73 Å². The summed E-state index contributed by atoms with van der Waals surface area (Å²) in [4.78, 5) is 14.1. The van der Waals surface area contributed by atoms with Gasteiger partial charge in [-0.2, -0.15) is 0 Å². The molecule has 1 amide bonds. The maximum atomic E-state index is 12.2. The molecule has 0 aliphatic rings. The third-order valence-corrected chi connectivity index (χ3v) is 3.60. The third-order valence-electron chi connectivity index (χ3n) is 3.60. The Balaban J connectivity index is 2.66. The van der Waals surface area contributed by atoms with Gasteiger partial charge >= 0.3 is 0 Å². The number of hydrogen-bond donors (Lipinski definition) is 1. The zero-order valence-corrected chi connectivity index (χ0v) is 12.3. The van der Waals surface area contributed by atoms with Crippen LogP contribution in [0.3, 0.4) is 0 Å². The molecule has 2 atom stereocenters. The first-order valence-electron chi connectivity index (χ1n) is 7.16. The standard InChI is InChI=1S/C16H26N2O/c1-4-9-15(17)16(19)18(3)14(5-2)12-13-10-7-6-8-11-13/h6-8,10-11,14-15H,4-5,9,12,17H2,1-3H3. The maximum Gasteiger partial charge on any atom is 0.239 e. The molecular formula is C16H26N2O. The van der Waals surface area contributed by atoms with Gasteiger partial charge in [0, 0.05) is 13.1 Å². The van der Waals surface area contributed by atoms with E-state index in [2.05, 4.69) is 26.0 Å². The molecule has 0 saturated heterocycles.